The van der Waals surface area contributed by atoms with Gasteiger partial charge >= 0.3 is 0 Å². The van der Waals surface area contributed by atoms with Crippen molar-refractivity contribution < 1.29 is 4.74 Å². The predicted molar refractivity (Wildman–Crippen MR) is 50.9 cm³/mol. The Morgan fingerprint density at radius 3 is 3.38 bits per heavy atom. The van der Waals surface area contributed by atoms with Gasteiger partial charge in [-0.05, 0) is 13.3 Å². The van der Waals surface area contributed by atoms with Crippen LogP contribution in [0.15, 0.2) is 6.07 Å². The van der Waals surface area contributed by atoms with E-state index in [-0.39, 0.29) is 0 Å². The molecular weight excluding hydrogens is 166 g/mol. The van der Waals surface area contributed by atoms with Gasteiger partial charge in [0.2, 0.25) is 0 Å². The van der Waals surface area contributed by atoms with Crippen molar-refractivity contribution >= 4 is 5.82 Å². The summed E-state index contributed by atoms with van der Waals surface area (Å²) in [6.45, 7) is 4.67. The van der Waals surface area contributed by atoms with Crippen molar-refractivity contribution in [3.63, 3.8) is 0 Å². The fraction of sp³-hybridized carbons (Fsp3) is 0.667. The van der Waals surface area contributed by atoms with Gasteiger partial charge in [0.15, 0.2) is 0 Å². The van der Waals surface area contributed by atoms with Gasteiger partial charge in [0.25, 0.3) is 0 Å². The summed E-state index contributed by atoms with van der Waals surface area (Å²) in [4.78, 5) is 0. The zero-order valence-corrected chi connectivity index (χ0v) is 7.84. The second-order valence-corrected chi connectivity index (χ2v) is 3.30. The van der Waals surface area contributed by atoms with Gasteiger partial charge < -0.3 is 10.1 Å². The molecule has 1 aliphatic rings. The summed E-state index contributed by atoms with van der Waals surface area (Å²) in [6.07, 6.45) is 1.10. The monoisotopic (exact) mass is 181 g/mol. The number of rotatable bonds is 3. The third-order valence-electron chi connectivity index (χ3n) is 2.33. The fourth-order valence-corrected chi connectivity index (χ4v) is 1.60. The molecule has 1 unspecified atom stereocenters. The fourth-order valence-electron chi connectivity index (χ4n) is 1.60. The van der Waals surface area contributed by atoms with Crippen molar-refractivity contribution in [2.45, 2.75) is 19.3 Å². The van der Waals surface area contributed by atoms with Crippen molar-refractivity contribution in [1.82, 2.24) is 10.2 Å². The van der Waals surface area contributed by atoms with E-state index in [0.29, 0.717) is 5.92 Å². The van der Waals surface area contributed by atoms with E-state index in [9.17, 15) is 0 Å². The van der Waals surface area contributed by atoms with E-state index in [2.05, 4.69) is 28.5 Å². The molecule has 1 fully saturated rings. The molecule has 13 heavy (non-hydrogen) atoms. The van der Waals surface area contributed by atoms with Gasteiger partial charge in [-0.15, -0.1) is 0 Å². The third kappa shape index (κ3) is 1.83. The Kier molecular flexibility index (Phi) is 2.49. The lowest BCUT2D eigenvalue weighted by Gasteiger charge is -2.01. The van der Waals surface area contributed by atoms with Crippen LogP contribution in [-0.4, -0.2) is 30.0 Å². The van der Waals surface area contributed by atoms with Crippen LogP contribution in [0.2, 0.25) is 0 Å². The summed E-state index contributed by atoms with van der Waals surface area (Å²) in [5.74, 6) is 1.45. The molecule has 0 spiro atoms. The molecule has 2 N–H and O–H groups in total. The van der Waals surface area contributed by atoms with E-state index in [1.54, 1.807) is 0 Å². The van der Waals surface area contributed by atoms with Crippen LogP contribution in [-0.2, 0) is 4.74 Å². The Hall–Kier alpha value is -1.03. The number of anilines is 1. The predicted octanol–water partition coefficient (Wildman–Crippen LogP) is 1.35. The van der Waals surface area contributed by atoms with Crippen molar-refractivity contribution in [1.29, 1.82) is 0 Å². The molecule has 1 aromatic heterocycles. The van der Waals surface area contributed by atoms with E-state index in [1.807, 2.05) is 0 Å². The number of aromatic nitrogens is 2. The Balaban J connectivity index is 2.03. The van der Waals surface area contributed by atoms with Gasteiger partial charge in [-0.1, -0.05) is 0 Å². The molecule has 72 valence electrons. The van der Waals surface area contributed by atoms with E-state index in [0.717, 1.165) is 32.0 Å². The largest absolute Gasteiger partial charge is 0.381 e. The van der Waals surface area contributed by atoms with Gasteiger partial charge in [0.05, 0.1) is 6.61 Å². The van der Waals surface area contributed by atoms with Crippen LogP contribution in [0.4, 0.5) is 5.82 Å². The van der Waals surface area contributed by atoms with Gasteiger partial charge in [-0.25, -0.2) is 0 Å². The highest BCUT2D eigenvalue weighted by Gasteiger charge is 2.19. The standard InChI is InChI=1S/C9H15N3O/c1-2-10-9-5-8(11-12-9)7-3-4-13-6-7/h5,7H,2-4,6H2,1H3,(H2,10,11,12). The number of nitrogens with zero attached hydrogens (tertiary/aromatic N) is 1. The smallest absolute Gasteiger partial charge is 0.148 e. The van der Waals surface area contributed by atoms with Crippen LogP contribution in [0.1, 0.15) is 25.0 Å². The van der Waals surface area contributed by atoms with Gasteiger partial charge in [-0.3, -0.25) is 5.10 Å². The highest BCUT2D eigenvalue weighted by molar-refractivity contribution is 5.36. The van der Waals surface area contributed by atoms with Crippen LogP contribution < -0.4 is 5.32 Å². The SMILES string of the molecule is CCNc1cc(C2CCOC2)[nH]n1. The van der Waals surface area contributed by atoms with Crippen LogP contribution >= 0.6 is 0 Å². The second-order valence-electron chi connectivity index (χ2n) is 3.30. The maximum Gasteiger partial charge on any atom is 0.148 e. The lowest BCUT2D eigenvalue weighted by atomic mass is 10.1. The molecule has 0 amide bonds. The molecule has 4 heteroatoms. The number of hydrogen-bond donors (Lipinski definition) is 2. The quantitative estimate of drug-likeness (QED) is 0.740. The second kappa shape index (κ2) is 3.79. The van der Waals surface area contributed by atoms with Crippen molar-refractivity contribution in [2.75, 3.05) is 25.1 Å². The minimum Gasteiger partial charge on any atom is -0.381 e. The zero-order chi connectivity index (χ0) is 9.10. The Morgan fingerprint density at radius 1 is 1.77 bits per heavy atom. The average molecular weight is 181 g/mol. The molecule has 0 bridgehead atoms. The maximum atomic E-state index is 5.31. The molecular formula is C9H15N3O. The van der Waals surface area contributed by atoms with E-state index >= 15 is 0 Å². The molecule has 2 heterocycles. The molecule has 2 rings (SSSR count). The average Bonchev–Trinajstić information content (AvgIpc) is 2.70. The lowest BCUT2D eigenvalue weighted by molar-refractivity contribution is 0.193. The third-order valence-corrected chi connectivity index (χ3v) is 2.33. The van der Waals surface area contributed by atoms with Gasteiger partial charge in [-0.2, -0.15) is 5.10 Å². The molecule has 0 aliphatic carbocycles. The number of hydrogen-bond acceptors (Lipinski definition) is 3. The van der Waals surface area contributed by atoms with Crippen molar-refractivity contribution in [3.05, 3.63) is 11.8 Å². The van der Waals surface area contributed by atoms with Crippen molar-refractivity contribution in [2.24, 2.45) is 0 Å². The first-order valence-electron chi connectivity index (χ1n) is 4.77. The molecule has 4 nitrogen and oxygen atoms in total. The first-order valence-corrected chi connectivity index (χ1v) is 4.77. The minimum absolute atomic E-state index is 0.514. The number of ether oxygens (including phenoxy) is 1. The normalized spacial score (nSPS) is 22.1. The molecule has 1 atom stereocenters. The van der Waals surface area contributed by atoms with E-state index < -0.39 is 0 Å². The number of H-pyrrole nitrogens is 1. The van der Waals surface area contributed by atoms with Crippen LogP contribution in [0.25, 0.3) is 0 Å². The minimum atomic E-state index is 0.514. The molecule has 0 saturated carbocycles. The summed E-state index contributed by atoms with van der Waals surface area (Å²) < 4.78 is 5.31. The highest BCUT2D eigenvalue weighted by atomic mass is 16.5. The molecule has 1 aromatic rings. The molecule has 1 aliphatic heterocycles. The lowest BCUT2D eigenvalue weighted by Crippen LogP contribution is -1.97. The molecule has 0 aromatic carbocycles. The summed E-state index contributed by atoms with van der Waals surface area (Å²) in [7, 11) is 0. The highest BCUT2D eigenvalue weighted by Crippen LogP contribution is 2.24. The van der Waals surface area contributed by atoms with E-state index in [1.165, 1.54) is 5.69 Å². The van der Waals surface area contributed by atoms with Gasteiger partial charge in [0, 0.05) is 30.8 Å². The van der Waals surface area contributed by atoms with Crippen LogP contribution in [0.5, 0.6) is 0 Å². The van der Waals surface area contributed by atoms with Gasteiger partial charge in [0.1, 0.15) is 5.82 Å². The maximum absolute atomic E-state index is 5.31. The molecule has 1 saturated heterocycles. The topological polar surface area (TPSA) is 49.9 Å². The zero-order valence-electron chi connectivity index (χ0n) is 7.84. The Morgan fingerprint density at radius 2 is 2.69 bits per heavy atom. The summed E-state index contributed by atoms with van der Waals surface area (Å²) >= 11 is 0. The molecule has 0 radical (unpaired) electrons. The van der Waals surface area contributed by atoms with Crippen LogP contribution in [0.3, 0.4) is 0 Å². The summed E-state index contributed by atoms with van der Waals surface area (Å²) in [6, 6.07) is 2.07. The summed E-state index contributed by atoms with van der Waals surface area (Å²) in [5.41, 5.74) is 1.19. The number of aromatic amines is 1. The first kappa shape index (κ1) is 8.56. The first-order chi connectivity index (χ1) is 6.40. The van der Waals surface area contributed by atoms with Crippen molar-refractivity contribution in [3.8, 4) is 0 Å². The Bertz CT molecular complexity index is 266. The van der Waals surface area contributed by atoms with E-state index in [4.69, 9.17) is 4.74 Å². The number of nitrogens with one attached hydrogen (secondary N) is 2. The van der Waals surface area contributed by atoms with Crippen LogP contribution in [0, 0.1) is 0 Å². The Labute approximate surface area is 77.7 Å². The summed E-state index contributed by atoms with van der Waals surface area (Å²) in [5, 5.41) is 10.4.